The van der Waals surface area contributed by atoms with Crippen LogP contribution in [0.2, 0.25) is 0 Å². The number of alkyl halides is 3. The van der Waals surface area contributed by atoms with Gasteiger partial charge in [-0.25, -0.2) is 13.1 Å². The summed E-state index contributed by atoms with van der Waals surface area (Å²) < 4.78 is 80.3. The van der Waals surface area contributed by atoms with Crippen LogP contribution in [0.15, 0.2) is 84.0 Å². The maximum absolute atomic E-state index is 13.4. The summed E-state index contributed by atoms with van der Waals surface area (Å²) in [6, 6.07) is 17.6. The first kappa shape index (κ1) is 35.0. The zero-order valence-electron chi connectivity index (χ0n) is 27.0. The molecule has 5 rings (SSSR count). The predicted molar refractivity (Wildman–Crippen MR) is 174 cm³/mol. The second-order valence-corrected chi connectivity index (χ2v) is 13.9. The molecule has 2 atom stereocenters. The first-order valence-electron chi connectivity index (χ1n) is 15.6. The number of carbonyl (C=O) groups is 1. The normalized spacial score (nSPS) is 14.7. The van der Waals surface area contributed by atoms with Crippen molar-refractivity contribution >= 4 is 15.9 Å². The van der Waals surface area contributed by atoms with E-state index in [2.05, 4.69) is 12.1 Å². The van der Waals surface area contributed by atoms with Gasteiger partial charge in [-0.2, -0.15) is 13.2 Å². The lowest BCUT2D eigenvalue weighted by Gasteiger charge is -2.27. The zero-order valence-corrected chi connectivity index (χ0v) is 27.8. The summed E-state index contributed by atoms with van der Waals surface area (Å²) in [4.78, 5) is 11.6. The van der Waals surface area contributed by atoms with Gasteiger partial charge in [0, 0.05) is 36.8 Å². The Morgan fingerprint density at radius 1 is 1.00 bits per heavy atom. The van der Waals surface area contributed by atoms with E-state index in [4.69, 9.17) is 9.47 Å². The van der Waals surface area contributed by atoms with Gasteiger partial charge in [0.25, 0.3) is 10.0 Å². The Kier molecular flexibility index (Phi) is 10.5. The number of benzene rings is 3. The third-order valence-corrected chi connectivity index (χ3v) is 10.4. The number of aryl methyl sites for hydroxylation is 1. The van der Waals surface area contributed by atoms with Gasteiger partial charge < -0.3 is 19.1 Å². The Morgan fingerprint density at radius 2 is 1.60 bits per heavy atom. The minimum absolute atomic E-state index is 0.160. The Labute approximate surface area is 278 Å². The number of fused-ring (bicyclic) bond motifs is 1. The van der Waals surface area contributed by atoms with Crippen LogP contribution in [0, 0.1) is 18.8 Å². The largest absolute Gasteiger partial charge is 0.496 e. The van der Waals surface area contributed by atoms with E-state index in [0.29, 0.717) is 35.6 Å². The highest BCUT2D eigenvalue weighted by molar-refractivity contribution is 7.90. The van der Waals surface area contributed by atoms with Crippen molar-refractivity contribution in [1.29, 1.82) is 0 Å². The summed E-state index contributed by atoms with van der Waals surface area (Å²) in [5, 5.41) is 11.8. The van der Waals surface area contributed by atoms with Gasteiger partial charge in [0.2, 0.25) is 5.91 Å². The maximum atomic E-state index is 13.4. The summed E-state index contributed by atoms with van der Waals surface area (Å²) in [5.41, 5.74) is 3.53. The van der Waals surface area contributed by atoms with E-state index in [0.717, 1.165) is 42.5 Å². The lowest BCUT2D eigenvalue weighted by Crippen LogP contribution is -2.32. The zero-order chi connectivity index (χ0) is 34.6. The van der Waals surface area contributed by atoms with Crippen molar-refractivity contribution < 1.29 is 41.0 Å². The van der Waals surface area contributed by atoms with Crippen LogP contribution < -0.4 is 14.2 Å². The number of aliphatic hydroxyl groups excluding tert-OH is 1. The van der Waals surface area contributed by atoms with Gasteiger partial charge in [0.1, 0.15) is 11.5 Å². The van der Waals surface area contributed by atoms with Crippen LogP contribution in [0.4, 0.5) is 13.2 Å². The SMILES string of the molecule is COc1cc([C@@H](O)[C@H](CC2Cc3ccccc3C2)Cn2ccc(CCC(=O)NS(=O)(=O)c3ccccc3C(F)(F)F)c2)cc(OC)c1C. The van der Waals surface area contributed by atoms with E-state index in [1.807, 2.05) is 48.1 Å². The second-order valence-electron chi connectivity index (χ2n) is 12.3. The number of hydrogen-bond donors (Lipinski definition) is 2. The molecule has 0 unspecified atom stereocenters. The molecule has 0 spiro atoms. The van der Waals surface area contributed by atoms with Gasteiger partial charge >= 0.3 is 6.18 Å². The third kappa shape index (κ3) is 8.04. The number of rotatable bonds is 13. The van der Waals surface area contributed by atoms with Crippen LogP contribution in [-0.4, -0.2) is 38.2 Å². The molecule has 4 aromatic rings. The summed E-state index contributed by atoms with van der Waals surface area (Å²) in [6.07, 6.45) is 0.398. The van der Waals surface area contributed by atoms with Gasteiger partial charge in [-0.05, 0) is 91.1 Å². The fourth-order valence-corrected chi connectivity index (χ4v) is 7.81. The van der Waals surface area contributed by atoms with E-state index in [1.54, 1.807) is 25.0 Å². The van der Waals surface area contributed by atoms with E-state index < -0.39 is 38.7 Å². The number of halogens is 3. The molecule has 1 aliphatic carbocycles. The molecule has 256 valence electrons. The topological polar surface area (TPSA) is 107 Å². The number of sulfonamides is 1. The van der Waals surface area contributed by atoms with Crippen molar-refractivity contribution in [2.24, 2.45) is 11.8 Å². The Morgan fingerprint density at radius 3 is 2.21 bits per heavy atom. The van der Waals surface area contributed by atoms with Crippen LogP contribution in [0.1, 0.15) is 52.3 Å². The number of aliphatic hydroxyl groups is 1. The first-order chi connectivity index (χ1) is 22.8. The molecule has 2 N–H and O–H groups in total. The van der Waals surface area contributed by atoms with Crippen LogP contribution in [-0.2, 0) is 46.8 Å². The van der Waals surface area contributed by atoms with Crippen molar-refractivity contribution in [3.63, 3.8) is 0 Å². The smallest absolute Gasteiger partial charge is 0.417 e. The number of nitrogens with zero attached hydrogens (tertiary/aromatic N) is 1. The standard InChI is InChI=1S/C36H39F3N2O6S/c1-23-31(46-2)19-28(20-32(23)47-3)35(43)29(18-25-16-26-8-4-5-9-27(26)17-25)22-41-15-14-24(21-41)12-13-34(42)40-48(44,45)33-11-7-6-10-30(33)36(37,38)39/h4-11,14-15,19-21,25,29,35,43H,12-13,16-18,22H2,1-3H3,(H,40,42)/t29-,35-/m1/s1. The summed E-state index contributed by atoms with van der Waals surface area (Å²) in [7, 11) is -1.59. The number of ether oxygens (including phenoxy) is 2. The summed E-state index contributed by atoms with van der Waals surface area (Å²) in [5.74, 6) is 0.432. The van der Waals surface area contributed by atoms with Crippen LogP contribution in [0.3, 0.4) is 0 Å². The van der Waals surface area contributed by atoms with Crippen molar-refractivity contribution in [2.45, 2.75) is 62.7 Å². The fourth-order valence-electron chi connectivity index (χ4n) is 6.57. The van der Waals surface area contributed by atoms with Gasteiger partial charge in [-0.1, -0.05) is 36.4 Å². The van der Waals surface area contributed by atoms with E-state index >= 15 is 0 Å². The highest BCUT2D eigenvalue weighted by Gasteiger charge is 2.37. The maximum Gasteiger partial charge on any atom is 0.417 e. The molecule has 1 amide bonds. The summed E-state index contributed by atoms with van der Waals surface area (Å²) >= 11 is 0. The lowest BCUT2D eigenvalue weighted by molar-refractivity contribution is -0.140. The second kappa shape index (κ2) is 14.4. The number of carbonyl (C=O) groups excluding carboxylic acids is 1. The monoisotopic (exact) mass is 684 g/mol. The molecular formula is C36H39F3N2O6S. The average Bonchev–Trinajstić information content (AvgIpc) is 3.69. The summed E-state index contributed by atoms with van der Waals surface area (Å²) in [6.45, 7) is 2.35. The Bertz CT molecular complexity index is 1820. The molecule has 8 nitrogen and oxygen atoms in total. The quantitative estimate of drug-likeness (QED) is 0.168. The molecule has 3 aromatic carbocycles. The molecule has 0 fully saturated rings. The van der Waals surface area contributed by atoms with Crippen LogP contribution in [0.25, 0.3) is 0 Å². The van der Waals surface area contributed by atoms with E-state index in [9.17, 15) is 31.5 Å². The molecule has 0 saturated carbocycles. The Balaban J connectivity index is 1.29. The van der Waals surface area contributed by atoms with E-state index in [1.165, 1.54) is 17.2 Å². The molecule has 0 aliphatic heterocycles. The molecule has 0 saturated heterocycles. The van der Waals surface area contributed by atoms with Crippen molar-refractivity contribution in [3.8, 4) is 11.5 Å². The Hall–Kier alpha value is -4.29. The number of methoxy groups -OCH3 is 2. The van der Waals surface area contributed by atoms with Crippen molar-refractivity contribution in [2.75, 3.05) is 14.2 Å². The molecular weight excluding hydrogens is 645 g/mol. The highest BCUT2D eigenvalue weighted by atomic mass is 32.2. The first-order valence-corrected chi connectivity index (χ1v) is 17.1. The molecule has 1 heterocycles. The van der Waals surface area contributed by atoms with Gasteiger partial charge in [0.15, 0.2) is 0 Å². The van der Waals surface area contributed by atoms with Crippen molar-refractivity contribution in [1.82, 2.24) is 9.29 Å². The van der Waals surface area contributed by atoms with Gasteiger partial charge in [-0.15, -0.1) is 0 Å². The average molecular weight is 685 g/mol. The molecule has 1 aliphatic rings. The van der Waals surface area contributed by atoms with Gasteiger partial charge in [0.05, 0.1) is 30.8 Å². The van der Waals surface area contributed by atoms with Crippen molar-refractivity contribution in [3.05, 3.63) is 113 Å². The number of hydrogen-bond acceptors (Lipinski definition) is 6. The number of nitrogens with one attached hydrogen (secondary N) is 1. The molecule has 0 bridgehead atoms. The molecule has 0 radical (unpaired) electrons. The fraction of sp³-hybridized carbons (Fsp3) is 0.361. The number of aromatic nitrogens is 1. The van der Waals surface area contributed by atoms with E-state index in [-0.39, 0.29) is 18.8 Å². The third-order valence-electron chi connectivity index (χ3n) is 8.96. The van der Waals surface area contributed by atoms with Crippen LogP contribution >= 0.6 is 0 Å². The molecule has 1 aromatic heterocycles. The lowest BCUT2D eigenvalue weighted by atomic mass is 9.85. The minimum Gasteiger partial charge on any atom is -0.496 e. The molecule has 12 heteroatoms. The number of amides is 1. The predicted octanol–water partition coefficient (Wildman–Crippen LogP) is 6.43. The minimum atomic E-state index is -4.90. The van der Waals surface area contributed by atoms with Crippen LogP contribution in [0.5, 0.6) is 11.5 Å². The van der Waals surface area contributed by atoms with Gasteiger partial charge in [-0.3, -0.25) is 4.79 Å². The highest BCUT2D eigenvalue weighted by Crippen LogP contribution is 2.39. The molecule has 48 heavy (non-hydrogen) atoms.